The lowest BCUT2D eigenvalue weighted by molar-refractivity contribution is 0.0900. The highest BCUT2D eigenvalue weighted by molar-refractivity contribution is 5.94. The zero-order valence-electron chi connectivity index (χ0n) is 15.1. The molecule has 2 aromatic carbocycles. The van der Waals surface area contributed by atoms with Crippen LogP contribution in [0, 0.1) is 11.6 Å². The quantitative estimate of drug-likeness (QED) is 0.710. The van der Waals surface area contributed by atoms with Gasteiger partial charge in [0, 0.05) is 23.7 Å². The second-order valence-electron chi connectivity index (χ2n) is 6.43. The molecule has 1 atom stereocenters. The summed E-state index contributed by atoms with van der Waals surface area (Å²) >= 11 is 0. The molecule has 0 fully saturated rings. The number of carbonyl (C=O) groups is 1. The summed E-state index contributed by atoms with van der Waals surface area (Å²) in [5.41, 5.74) is 2.24. The molecule has 8 heteroatoms. The molecule has 4 rings (SSSR count). The third-order valence-corrected chi connectivity index (χ3v) is 4.65. The van der Waals surface area contributed by atoms with Gasteiger partial charge in [0.15, 0.2) is 0 Å². The fourth-order valence-corrected chi connectivity index (χ4v) is 3.12. The molecule has 1 unspecified atom stereocenters. The van der Waals surface area contributed by atoms with E-state index < -0.39 is 11.6 Å². The molecule has 0 spiro atoms. The standard InChI is InChI=1S/C20H18F2N4O2/c1-28-15-6-3-12(4-7-15)17-9-18-20(27)24-11-19(26(18)25-17)23-10-13-2-5-14(21)8-16(13)22/h2-9,19,23H,10-11H2,1H3,(H,24,27). The predicted molar refractivity (Wildman–Crippen MR) is 98.8 cm³/mol. The second-order valence-corrected chi connectivity index (χ2v) is 6.43. The van der Waals surface area contributed by atoms with E-state index in [1.807, 2.05) is 24.3 Å². The Balaban J connectivity index is 1.58. The SMILES string of the molecule is COc1ccc(-c2cc3n(n2)C(NCc2ccc(F)cc2F)CNC3=O)cc1. The Hall–Kier alpha value is -3.26. The molecule has 2 N–H and O–H groups in total. The number of carbonyl (C=O) groups excluding carboxylic acids is 1. The molecule has 0 saturated heterocycles. The summed E-state index contributed by atoms with van der Waals surface area (Å²) in [6, 6.07) is 12.5. The average Bonchev–Trinajstić information content (AvgIpc) is 3.15. The van der Waals surface area contributed by atoms with E-state index in [9.17, 15) is 13.6 Å². The molecule has 0 bridgehead atoms. The number of fused-ring (bicyclic) bond motifs is 1. The summed E-state index contributed by atoms with van der Waals surface area (Å²) in [6.45, 7) is 0.474. The Labute approximate surface area is 160 Å². The third kappa shape index (κ3) is 3.46. The third-order valence-electron chi connectivity index (χ3n) is 4.65. The zero-order valence-corrected chi connectivity index (χ0v) is 15.1. The molecule has 1 amide bonds. The Bertz CT molecular complexity index is 1020. The number of methoxy groups -OCH3 is 1. The molecule has 6 nitrogen and oxygen atoms in total. The maximum Gasteiger partial charge on any atom is 0.269 e. The van der Waals surface area contributed by atoms with Gasteiger partial charge in [0.05, 0.1) is 19.3 Å². The molecule has 1 aromatic heterocycles. The summed E-state index contributed by atoms with van der Waals surface area (Å²) in [5, 5.41) is 10.5. The van der Waals surface area contributed by atoms with Crippen molar-refractivity contribution >= 4 is 5.91 Å². The van der Waals surface area contributed by atoms with Crippen LogP contribution in [0.15, 0.2) is 48.5 Å². The number of halogens is 2. The first kappa shape index (κ1) is 18.1. The number of nitrogens with one attached hydrogen (secondary N) is 2. The highest BCUT2D eigenvalue weighted by Crippen LogP contribution is 2.25. The van der Waals surface area contributed by atoms with Crippen molar-refractivity contribution in [1.82, 2.24) is 20.4 Å². The summed E-state index contributed by atoms with van der Waals surface area (Å²) < 4.78 is 33.7. The number of ether oxygens (including phenoxy) is 1. The van der Waals surface area contributed by atoms with E-state index >= 15 is 0 Å². The second kappa shape index (κ2) is 7.40. The van der Waals surface area contributed by atoms with Crippen LogP contribution >= 0.6 is 0 Å². The van der Waals surface area contributed by atoms with Gasteiger partial charge in [0.2, 0.25) is 0 Å². The van der Waals surface area contributed by atoms with Crippen LogP contribution in [0.5, 0.6) is 5.75 Å². The zero-order chi connectivity index (χ0) is 19.7. The van der Waals surface area contributed by atoms with E-state index in [0.717, 1.165) is 17.4 Å². The minimum absolute atomic E-state index is 0.170. The molecule has 1 aliphatic heterocycles. The minimum atomic E-state index is -0.621. The largest absolute Gasteiger partial charge is 0.497 e. The Morgan fingerprint density at radius 1 is 1.21 bits per heavy atom. The number of aromatic nitrogens is 2. The molecule has 0 aliphatic carbocycles. The lowest BCUT2D eigenvalue weighted by Gasteiger charge is -2.25. The highest BCUT2D eigenvalue weighted by Gasteiger charge is 2.27. The lowest BCUT2D eigenvalue weighted by Crippen LogP contribution is -2.45. The van der Waals surface area contributed by atoms with E-state index in [0.29, 0.717) is 23.5 Å². The Kier molecular flexibility index (Phi) is 4.79. The minimum Gasteiger partial charge on any atom is -0.497 e. The van der Waals surface area contributed by atoms with Crippen LogP contribution in [0.4, 0.5) is 8.78 Å². The fraction of sp³-hybridized carbons (Fsp3) is 0.200. The summed E-state index contributed by atoms with van der Waals surface area (Å²) in [5.74, 6) is -0.735. The number of amides is 1. The van der Waals surface area contributed by atoms with E-state index in [1.165, 1.54) is 12.1 Å². The maximum atomic E-state index is 13.9. The van der Waals surface area contributed by atoms with Gasteiger partial charge >= 0.3 is 0 Å². The molecular weight excluding hydrogens is 366 g/mol. The monoisotopic (exact) mass is 384 g/mol. The molecule has 0 saturated carbocycles. The van der Waals surface area contributed by atoms with Gasteiger partial charge < -0.3 is 10.1 Å². The van der Waals surface area contributed by atoms with Gasteiger partial charge in [0.1, 0.15) is 29.2 Å². The summed E-state index contributed by atoms with van der Waals surface area (Å²) in [7, 11) is 1.59. The predicted octanol–water partition coefficient (Wildman–Crippen LogP) is 2.87. The van der Waals surface area contributed by atoms with Crippen LogP contribution in [-0.2, 0) is 6.54 Å². The highest BCUT2D eigenvalue weighted by atomic mass is 19.1. The van der Waals surface area contributed by atoms with Gasteiger partial charge in [-0.25, -0.2) is 13.5 Å². The van der Waals surface area contributed by atoms with Crippen molar-refractivity contribution in [3.05, 3.63) is 71.4 Å². The lowest BCUT2D eigenvalue weighted by atomic mass is 10.1. The fourth-order valence-electron chi connectivity index (χ4n) is 3.12. The van der Waals surface area contributed by atoms with Crippen LogP contribution in [0.3, 0.4) is 0 Å². The molecule has 28 heavy (non-hydrogen) atoms. The van der Waals surface area contributed by atoms with Crippen molar-refractivity contribution in [2.45, 2.75) is 12.7 Å². The first-order valence-corrected chi connectivity index (χ1v) is 8.74. The van der Waals surface area contributed by atoms with Crippen molar-refractivity contribution < 1.29 is 18.3 Å². The van der Waals surface area contributed by atoms with E-state index in [1.54, 1.807) is 17.9 Å². The van der Waals surface area contributed by atoms with Crippen molar-refractivity contribution in [2.75, 3.05) is 13.7 Å². The topological polar surface area (TPSA) is 68.2 Å². The van der Waals surface area contributed by atoms with Gasteiger partial charge in [-0.05, 0) is 36.4 Å². The smallest absolute Gasteiger partial charge is 0.269 e. The normalized spacial score (nSPS) is 15.8. The molecule has 144 valence electrons. The van der Waals surface area contributed by atoms with Crippen molar-refractivity contribution in [1.29, 1.82) is 0 Å². The van der Waals surface area contributed by atoms with Gasteiger partial charge in [-0.1, -0.05) is 6.07 Å². The van der Waals surface area contributed by atoms with Crippen molar-refractivity contribution in [3.63, 3.8) is 0 Å². The first-order chi connectivity index (χ1) is 13.5. The van der Waals surface area contributed by atoms with Crippen LogP contribution in [0.2, 0.25) is 0 Å². The van der Waals surface area contributed by atoms with Gasteiger partial charge in [-0.3, -0.25) is 10.1 Å². The average molecular weight is 384 g/mol. The van der Waals surface area contributed by atoms with E-state index in [-0.39, 0.29) is 18.6 Å². The van der Waals surface area contributed by atoms with Crippen LogP contribution in [0.25, 0.3) is 11.3 Å². The number of rotatable bonds is 5. The Morgan fingerprint density at radius 2 is 2.00 bits per heavy atom. The van der Waals surface area contributed by atoms with Crippen molar-refractivity contribution in [2.24, 2.45) is 0 Å². The number of hydrogen-bond donors (Lipinski definition) is 2. The molecule has 2 heterocycles. The van der Waals surface area contributed by atoms with Crippen LogP contribution < -0.4 is 15.4 Å². The van der Waals surface area contributed by atoms with Crippen molar-refractivity contribution in [3.8, 4) is 17.0 Å². The van der Waals surface area contributed by atoms with Gasteiger partial charge in [-0.2, -0.15) is 5.10 Å². The Morgan fingerprint density at radius 3 is 2.71 bits per heavy atom. The molecule has 3 aromatic rings. The molecule has 1 aliphatic rings. The molecule has 0 radical (unpaired) electrons. The van der Waals surface area contributed by atoms with E-state index in [2.05, 4.69) is 15.7 Å². The summed E-state index contributed by atoms with van der Waals surface area (Å²) in [4.78, 5) is 12.2. The number of nitrogens with zero attached hydrogens (tertiary/aromatic N) is 2. The van der Waals surface area contributed by atoms with Crippen LogP contribution in [0.1, 0.15) is 22.2 Å². The van der Waals surface area contributed by atoms with E-state index in [4.69, 9.17) is 4.74 Å². The van der Waals surface area contributed by atoms with Crippen LogP contribution in [-0.4, -0.2) is 29.3 Å². The number of benzene rings is 2. The summed E-state index contributed by atoms with van der Waals surface area (Å²) in [6.07, 6.45) is -0.357. The number of hydrogen-bond acceptors (Lipinski definition) is 4. The van der Waals surface area contributed by atoms with Gasteiger partial charge in [0.25, 0.3) is 5.91 Å². The maximum absolute atomic E-state index is 13.9. The van der Waals surface area contributed by atoms with Gasteiger partial charge in [-0.15, -0.1) is 0 Å². The molecular formula is C20H18F2N4O2. The first-order valence-electron chi connectivity index (χ1n) is 8.74.